The first-order chi connectivity index (χ1) is 6.20. The number of aryl methyl sites for hydroxylation is 1. The molecule has 1 rings (SSSR count). The SMILES string of the molecule is CC(C)NCCOc1nnnn1C. The molecule has 0 spiro atoms. The van der Waals surface area contributed by atoms with Crippen molar-refractivity contribution in [1.82, 2.24) is 25.5 Å². The Balaban J connectivity index is 2.17. The van der Waals surface area contributed by atoms with E-state index in [2.05, 4.69) is 34.7 Å². The summed E-state index contributed by atoms with van der Waals surface area (Å²) in [6.45, 7) is 5.55. The molecule has 0 aliphatic heterocycles. The van der Waals surface area contributed by atoms with E-state index in [1.54, 1.807) is 7.05 Å². The molecule has 13 heavy (non-hydrogen) atoms. The predicted octanol–water partition coefficient (Wildman–Crippen LogP) is -0.413. The standard InChI is InChI=1S/C7H15N5O/c1-6(2)8-4-5-13-7-9-10-11-12(7)3/h6,8H,4-5H2,1-3H3. The third-order valence-electron chi connectivity index (χ3n) is 1.47. The minimum atomic E-state index is 0.450. The summed E-state index contributed by atoms with van der Waals surface area (Å²) < 4.78 is 6.79. The van der Waals surface area contributed by atoms with Crippen molar-refractivity contribution in [3.8, 4) is 6.01 Å². The summed E-state index contributed by atoms with van der Waals surface area (Å²) in [5, 5.41) is 14.0. The van der Waals surface area contributed by atoms with Crippen LogP contribution in [0.15, 0.2) is 0 Å². The zero-order valence-electron chi connectivity index (χ0n) is 8.19. The summed E-state index contributed by atoms with van der Waals surface area (Å²) in [5.74, 6) is 0. The summed E-state index contributed by atoms with van der Waals surface area (Å²) in [7, 11) is 1.74. The van der Waals surface area contributed by atoms with Crippen LogP contribution in [0.5, 0.6) is 6.01 Å². The molecule has 0 aliphatic rings. The fourth-order valence-corrected chi connectivity index (χ4v) is 0.833. The maximum Gasteiger partial charge on any atom is 0.335 e. The van der Waals surface area contributed by atoms with Gasteiger partial charge in [0.25, 0.3) is 0 Å². The van der Waals surface area contributed by atoms with Crippen molar-refractivity contribution in [1.29, 1.82) is 0 Å². The van der Waals surface area contributed by atoms with E-state index in [4.69, 9.17) is 4.74 Å². The van der Waals surface area contributed by atoms with Gasteiger partial charge in [-0.25, -0.2) is 0 Å². The molecule has 6 heteroatoms. The first kappa shape index (κ1) is 9.91. The Bertz CT molecular complexity index is 247. The van der Waals surface area contributed by atoms with Crippen LogP contribution in [0, 0.1) is 0 Å². The molecule has 1 heterocycles. The number of nitrogens with one attached hydrogen (secondary N) is 1. The van der Waals surface area contributed by atoms with Crippen LogP contribution in [-0.2, 0) is 7.05 Å². The van der Waals surface area contributed by atoms with Crippen molar-refractivity contribution in [2.45, 2.75) is 19.9 Å². The monoisotopic (exact) mass is 185 g/mol. The molecule has 0 amide bonds. The van der Waals surface area contributed by atoms with Crippen LogP contribution in [0.2, 0.25) is 0 Å². The minimum Gasteiger partial charge on any atom is -0.461 e. The molecule has 74 valence electrons. The topological polar surface area (TPSA) is 64.9 Å². The lowest BCUT2D eigenvalue weighted by atomic mass is 10.4. The van der Waals surface area contributed by atoms with Crippen molar-refractivity contribution in [3.63, 3.8) is 0 Å². The molecule has 0 aromatic carbocycles. The molecule has 1 N–H and O–H groups in total. The first-order valence-electron chi connectivity index (χ1n) is 4.28. The van der Waals surface area contributed by atoms with Crippen LogP contribution in [0.25, 0.3) is 0 Å². The molecule has 0 radical (unpaired) electrons. The highest BCUT2D eigenvalue weighted by atomic mass is 16.5. The van der Waals surface area contributed by atoms with E-state index in [9.17, 15) is 0 Å². The van der Waals surface area contributed by atoms with Gasteiger partial charge in [-0.2, -0.15) is 4.68 Å². The third-order valence-corrected chi connectivity index (χ3v) is 1.47. The molecule has 0 unspecified atom stereocenters. The van der Waals surface area contributed by atoms with Crippen LogP contribution in [-0.4, -0.2) is 39.4 Å². The second-order valence-corrected chi connectivity index (χ2v) is 3.04. The highest BCUT2D eigenvalue weighted by molar-refractivity contribution is 4.84. The average molecular weight is 185 g/mol. The Labute approximate surface area is 77.3 Å². The summed E-state index contributed by atoms with van der Waals surface area (Å²) in [6.07, 6.45) is 0. The highest BCUT2D eigenvalue weighted by Gasteiger charge is 2.01. The Morgan fingerprint density at radius 3 is 2.85 bits per heavy atom. The smallest absolute Gasteiger partial charge is 0.335 e. The normalized spacial score (nSPS) is 10.8. The number of nitrogens with zero attached hydrogens (tertiary/aromatic N) is 4. The minimum absolute atomic E-state index is 0.450. The van der Waals surface area contributed by atoms with Crippen molar-refractivity contribution < 1.29 is 4.74 Å². The van der Waals surface area contributed by atoms with Crippen LogP contribution in [0.1, 0.15) is 13.8 Å². The molecule has 0 saturated heterocycles. The summed E-state index contributed by atoms with van der Waals surface area (Å²) in [6, 6.07) is 0.923. The van der Waals surface area contributed by atoms with Gasteiger partial charge >= 0.3 is 6.01 Å². The van der Waals surface area contributed by atoms with E-state index in [1.165, 1.54) is 4.68 Å². The Kier molecular flexibility index (Phi) is 3.63. The largest absolute Gasteiger partial charge is 0.461 e. The van der Waals surface area contributed by atoms with Gasteiger partial charge in [0, 0.05) is 19.6 Å². The summed E-state index contributed by atoms with van der Waals surface area (Å²) in [5.41, 5.74) is 0. The quantitative estimate of drug-likeness (QED) is 0.631. The molecule has 0 bridgehead atoms. The van der Waals surface area contributed by atoms with Crippen LogP contribution < -0.4 is 10.1 Å². The van der Waals surface area contributed by atoms with Gasteiger partial charge in [0.05, 0.1) is 0 Å². The molecule has 1 aromatic rings. The number of ether oxygens (including phenoxy) is 1. The lowest BCUT2D eigenvalue weighted by Crippen LogP contribution is -2.27. The van der Waals surface area contributed by atoms with E-state index < -0.39 is 0 Å². The van der Waals surface area contributed by atoms with Gasteiger partial charge in [-0.05, 0) is 10.4 Å². The molecular formula is C7H15N5O. The molecule has 0 aliphatic carbocycles. The third kappa shape index (κ3) is 3.37. The number of hydrogen-bond donors (Lipinski definition) is 1. The molecule has 0 saturated carbocycles. The summed E-state index contributed by atoms with van der Waals surface area (Å²) in [4.78, 5) is 0. The molecular weight excluding hydrogens is 170 g/mol. The molecule has 1 aromatic heterocycles. The number of rotatable bonds is 5. The Morgan fingerprint density at radius 1 is 1.54 bits per heavy atom. The fourth-order valence-electron chi connectivity index (χ4n) is 0.833. The Morgan fingerprint density at radius 2 is 2.31 bits per heavy atom. The van der Waals surface area contributed by atoms with Crippen molar-refractivity contribution >= 4 is 0 Å². The maximum absolute atomic E-state index is 5.29. The average Bonchev–Trinajstić information content (AvgIpc) is 2.45. The van der Waals surface area contributed by atoms with E-state index in [0.29, 0.717) is 18.7 Å². The van der Waals surface area contributed by atoms with Crippen LogP contribution in [0.4, 0.5) is 0 Å². The van der Waals surface area contributed by atoms with Gasteiger partial charge in [0.15, 0.2) is 0 Å². The second kappa shape index (κ2) is 4.76. The number of aromatic nitrogens is 4. The van der Waals surface area contributed by atoms with Crippen LogP contribution in [0.3, 0.4) is 0 Å². The first-order valence-corrected chi connectivity index (χ1v) is 4.28. The van der Waals surface area contributed by atoms with Crippen molar-refractivity contribution in [2.24, 2.45) is 7.05 Å². The van der Waals surface area contributed by atoms with Crippen LogP contribution >= 0.6 is 0 Å². The lowest BCUT2D eigenvalue weighted by molar-refractivity contribution is 0.273. The van der Waals surface area contributed by atoms with Crippen molar-refractivity contribution in [3.05, 3.63) is 0 Å². The molecule has 0 fully saturated rings. The van der Waals surface area contributed by atoms with Gasteiger partial charge in [-0.15, -0.1) is 0 Å². The number of hydrogen-bond acceptors (Lipinski definition) is 5. The number of tetrazole rings is 1. The lowest BCUT2D eigenvalue weighted by Gasteiger charge is -2.07. The molecule has 0 atom stereocenters. The van der Waals surface area contributed by atoms with E-state index in [0.717, 1.165) is 6.54 Å². The van der Waals surface area contributed by atoms with E-state index >= 15 is 0 Å². The van der Waals surface area contributed by atoms with E-state index in [1.807, 2.05) is 0 Å². The maximum atomic E-state index is 5.29. The zero-order valence-corrected chi connectivity index (χ0v) is 8.19. The van der Waals surface area contributed by atoms with Gasteiger partial charge in [0.2, 0.25) is 0 Å². The Hall–Kier alpha value is -1.17. The fraction of sp³-hybridized carbons (Fsp3) is 0.857. The molecule has 6 nitrogen and oxygen atoms in total. The van der Waals surface area contributed by atoms with Gasteiger partial charge < -0.3 is 10.1 Å². The zero-order chi connectivity index (χ0) is 9.68. The predicted molar refractivity (Wildman–Crippen MR) is 47.4 cm³/mol. The van der Waals surface area contributed by atoms with Gasteiger partial charge in [-0.3, -0.25) is 0 Å². The van der Waals surface area contributed by atoms with Crippen molar-refractivity contribution in [2.75, 3.05) is 13.2 Å². The van der Waals surface area contributed by atoms with E-state index in [-0.39, 0.29) is 0 Å². The van der Waals surface area contributed by atoms with Gasteiger partial charge in [-0.1, -0.05) is 18.9 Å². The van der Waals surface area contributed by atoms with Gasteiger partial charge in [0.1, 0.15) is 6.61 Å². The summed E-state index contributed by atoms with van der Waals surface area (Å²) >= 11 is 0. The highest BCUT2D eigenvalue weighted by Crippen LogP contribution is 1.97. The second-order valence-electron chi connectivity index (χ2n) is 3.04.